The lowest BCUT2D eigenvalue weighted by atomic mass is 10.1. The van der Waals surface area contributed by atoms with Crippen LogP contribution in [-0.4, -0.2) is 18.0 Å². The first-order chi connectivity index (χ1) is 9.36. The van der Waals surface area contributed by atoms with Crippen LogP contribution in [-0.2, 0) is 0 Å². The molecule has 0 spiro atoms. The Morgan fingerprint density at radius 2 is 2.15 bits per heavy atom. The second-order valence-corrected chi connectivity index (χ2v) is 5.10. The molecule has 0 unspecified atom stereocenters. The first kappa shape index (κ1) is 15.9. The Kier molecular flexibility index (Phi) is 5.44. The average Bonchev–Trinajstić information content (AvgIpc) is 2.36. The van der Waals surface area contributed by atoms with Crippen LogP contribution in [0.15, 0.2) is 12.1 Å². The van der Waals surface area contributed by atoms with Gasteiger partial charge in [-0.1, -0.05) is 13.8 Å². The molecule has 0 aliphatic heterocycles. The summed E-state index contributed by atoms with van der Waals surface area (Å²) in [6, 6.07) is 4.46. The molecule has 0 N–H and O–H groups in total. The Labute approximate surface area is 117 Å². The number of nitro groups is 1. The predicted octanol–water partition coefficient (Wildman–Crippen LogP) is 3.42. The number of nitriles is 1. The van der Waals surface area contributed by atoms with Crippen LogP contribution >= 0.6 is 0 Å². The van der Waals surface area contributed by atoms with Crippen LogP contribution in [0.4, 0.5) is 15.8 Å². The number of nitro benzene ring substituents is 1. The second kappa shape index (κ2) is 6.85. The maximum Gasteiger partial charge on any atom is 0.295 e. The Morgan fingerprint density at radius 3 is 2.65 bits per heavy atom. The highest BCUT2D eigenvalue weighted by Crippen LogP contribution is 2.31. The molecule has 0 fully saturated rings. The van der Waals surface area contributed by atoms with Gasteiger partial charge >= 0.3 is 0 Å². The maximum atomic E-state index is 13.5. The highest BCUT2D eigenvalue weighted by molar-refractivity contribution is 5.65. The topological polar surface area (TPSA) is 70.2 Å². The van der Waals surface area contributed by atoms with Gasteiger partial charge in [-0.25, -0.2) is 4.39 Å². The van der Waals surface area contributed by atoms with Gasteiger partial charge < -0.3 is 4.90 Å². The van der Waals surface area contributed by atoms with Crippen molar-refractivity contribution in [3.8, 4) is 6.07 Å². The van der Waals surface area contributed by atoms with Crippen molar-refractivity contribution < 1.29 is 9.31 Å². The third-order valence-electron chi connectivity index (χ3n) is 2.87. The second-order valence-electron chi connectivity index (χ2n) is 5.10. The molecule has 0 radical (unpaired) electrons. The van der Waals surface area contributed by atoms with E-state index in [2.05, 4.69) is 0 Å². The summed E-state index contributed by atoms with van der Waals surface area (Å²) in [5.74, 6) is -0.316. The van der Waals surface area contributed by atoms with Gasteiger partial charge in [-0.15, -0.1) is 0 Å². The molecule has 0 atom stereocenters. The summed E-state index contributed by atoms with van der Waals surface area (Å²) in [7, 11) is 0. The summed E-state index contributed by atoms with van der Waals surface area (Å²) in [5.41, 5.74) is 0.473. The summed E-state index contributed by atoms with van der Waals surface area (Å²) < 4.78 is 13.5. The molecule has 1 rings (SSSR count). The Hall–Kier alpha value is -2.16. The van der Waals surface area contributed by atoms with E-state index >= 15 is 0 Å². The summed E-state index contributed by atoms with van der Waals surface area (Å²) in [6.07, 6.45) is 0.264. The first-order valence-corrected chi connectivity index (χ1v) is 6.43. The van der Waals surface area contributed by atoms with Gasteiger partial charge in [0, 0.05) is 13.1 Å². The van der Waals surface area contributed by atoms with Crippen molar-refractivity contribution in [2.75, 3.05) is 18.0 Å². The van der Waals surface area contributed by atoms with Crippen LogP contribution in [0.5, 0.6) is 0 Å². The minimum absolute atomic E-state index is 0.258. The van der Waals surface area contributed by atoms with Gasteiger partial charge in [-0.3, -0.25) is 10.1 Å². The molecule has 0 saturated carbocycles. The molecule has 0 aromatic heterocycles. The van der Waals surface area contributed by atoms with Crippen molar-refractivity contribution >= 4 is 11.4 Å². The lowest BCUT2D eigenvalue weighted by Crippen LogP contribution is -2.29. The van der Waals surface area contributed by atoms with Gasteiger partial charge in [0.25, 0.3) is 5.69 Å². The largest absolute Gasteiger partial charge is 0.365 e. The quantitative estimate of drug-likeness (QED) is 0.591. The molecular weight excluding hydrogens is 261 g/mol. The minimum atomic E-state index is -0.592. The lowest BCUT2D eigenvalue weighted by Gasteiger charge is -2.25. The monoisotopic (exact) mass is 279 g/mol. The number of benzene rings is 1. The lowest BCUT2D eigenvalue weighted by molar-refractivity contribution is -0.384. The zero-order valence-electron chi connectivity index (χ0n) is 11.9. The fraction of sp³-hybridized carbons (Fsp3) is 0.500. The van der Waals surface area contributed by atoms with Gasteiger partial charge in [0.1, 0.15) is 11.5 Å². The molecule has 108 valence electrons. The van der Waals surface area contributed by atoms with Crippen molar-refractivity contribution in [3.05, 3.63) is 33.6 Å². The standard InChI is InChI=1S/C14H18FN3O2/c1-10(2)9-17(6-4-5-16)13-7-11(3)12(15)8-14(13)18(19)20/h7-8,10H,4,6,9H2,1-3H3. The number of aryl methyl sites for hydroxylation is 1. The third-order valence-corrected chi connectivity index (χ3v) is 2.87. The van der Waals surface area contributed by atoms with E-state index in [9.17, 15) is 14.5 Å². The average molecular weight is 279 g/mol. The molecule has 5 nitrogen and oxygen atoms in total. The SMILES string of the molecule is Cc1cc(N(CCC#N)CC(C)C)c([N+](=O)[O-])cc1F. The first-order valence-electron chi connectivity index (χ1n) is 6.43. The molecule has 0 aliphatic carbocycles. The number of rotatable bonds is 6. The van der Waals surface area contributed by atoms with Crippen LogP contribution in [0.25, 0.3) is 0 Å². The highest BCUT2D eigenvalue weighted by Gasteiger charge is 2.22. The van der Waals surface area contributed by atoms with Crippen LogP contribution in [0.1, 0.15) is 25.8 Å². The maximum absolute atomic E-state index is 13.5. The zero-order valence-corrected chi connectivity index (χ0v) is 11.9. The minimum Gasteiger partial charge on any atom is -0.365 e. The molecule has 0 aliphatic rings. The molecule has 0 heterocycles. The van der Waals surface area contributed by atoms with Crippen LogP contribution in [0, 0.1) is 40.1 Å². The summed E-state index contributed by atoms with van der Waals surface area (Å²) in [5, 5.41) is 19.8. The van der Waals surface area contributed by atoms with Gasteiger partial charge in [0.2, 0.25) is 0 Å². The van der Waals surface area contributed by atoms with E-state index in [0.717, 1.165) is 6.07 Å². The van der Waals surface area contributed by atoms with Gasteiger partial charge in [0.05, 0.1) is 23.5 Å². The van der Waals surface area contributed by atoms with Crippen molar-refractivity contribution in [1.82, 2.24) is 0 Å². The van der Waals surface area contributed by atoms with Crippen molar-refractivity contribution in [2.24, 2.45) is 5.92 Å². The number of nitrogens with zero attached hydrogens (tertiary/aromatic N) is 3. The van der Waals surface area contributed by atoms with E-state index in [1.54, 1.807) is 11.8 Å². The predicted molar refractivity (Wildman–Crippen MR) is 75.1 cm³/mol. The molecule has 1 aromatic carbocycles. The molecule has 6 heteroatoms. The number of hydrogen-bond donors (Lipinski definition) is 0. The van der Waals surface area contributed by atoms with E-state index < -0.39 is 10.7 Å². The molecule has 0 bridgehead atoms. The molecule has 1 aromatic rings. The highest BCUT2D eigenvalue weighted by atomic mass is 19.1. The summed E-state index contributed by atoms with van der Waals surface area (Å²) >= 11 is 0. The van der Waals surface area contributed by atoms with E-state index in [1.165, 1.54) is 6.07 Å². The number of anilines is 1. The third kappa shape index (κ3) is 3.92. The fourth-order valence-corrected chi connectivity index (χ4v) is 1.99. The van der Waals surface area contributed by atoms with Crippen LogP contribution < -0.4 is 4.90 Å². The molecular formula is C14H18FN3O2. The van der Waals surface area contributed by atoms with Crippen LogP contribution in [0.2, 0.25) is 0 Å². The normalized spacial score (nSPS) is 10.4. The van der Waals surface area contributed by atoms with Gasteiger partial charge in [0.15, 0.2) is 0 Å². The van der Waals surface area contributed by atoms with E-state index in [-0.39, 0.29) is 18.0 Å². The van der Waals surface area contributed by atoms with E-state index in [1.807, 2.05) is 19.9 Å². The Bertz CT molecular complexity index is 538. The summed E-state index contributed by atoms with van der Waals surface area (Å²) in [4.78, 5) is 12.3. The van der Waals surface area contributed by atoms with E-state index in [0.29, 0.717) is 24.3 Å². The van der Waals surface area contributed by atoms with E-state index in [4.69, 9.17) is 5.26 Å². The number of hydrogen-bond acceptors (Lipinski definition) is 4. The fourth-order valence-electron chi connectivity index (χ4n) is 1.99. The zero-order chi connectivity index (χ0) is 15.3. The molecule has 0 saturated heterocycles. The Balaban J connectivity index is 3.26. The molecule has 20 heavy (non-hydrogen) atoms. The Morgan fingerprint density at radius 1 is 1.50 bits per heavy atom. The van der Waals surface area contributed by atoms with Crippen molar-refractivity contribution in [3.63, 3.8) is 0 Å². The van der Waals surface area contributed by atoms with Gasteiger partial charge in [-0.2, -0.15) is 5.26 Å². The summed E-state index contributed by atoms with van der Waals surface area (Å²) in [6.45, 7) is 6.51. The smallest absolute Gasteiger partial charge is 0.295 e. The molecule has 0 amide bonds. The number of halogens is 1. The van der Waals surface area contributed by atoms with Crippen LogP contribution in [0.3, 0.4) is 0 Å². The van der Waals surface area contributed by atoms with Gasteiger partial charge in [-0.05, 0) is 24.5 Å². The van der Waals surface area contributed by atoms with Crippen molar-refractivity contribution in [1.29, 1.82) is 5.26 Å². The van der Waals surface area contributed by atoms with Crippen molar-refractivity contribution in [2.45, 2.75) is 27.2 Å².